The summed E-state index contributed by atoms with van der Waals surface area (Å²) >= 11 is 5.59. The number of rotatable bonds is 3. The van der Waals surface area contributed by atoms with Gasteiger partial charge in [-0.15, -0.1) is 0 Å². The number of nitrogens with zero attached hydrogens (tertiary/aromatic N) is 1. The molecule has 0 spiro atoms. The summed E-state index contributed by atoms with van der Waals surface area (Å²) in [6.07, 6.45) is 1.36. The number of amides is 2. The predicted octanol–water partition coefficient (Wildman–Crippen LogP) is 0.599. The molecule has 6 heteroatoms. The molecule has 1 unspecified atom stereocenters. The number of pyridine rings is 1. The van der Waals surface area contributed by atoms with Crippen LogP contribution in [0, 0.1) is 0 Å². The Balaban J connectivity index is 2.65. The first kappa shape index (κ1) is 12.4. The molecule has 0 radical (unpaired) electrons. The molecule has 0 aliphatic heterocycles. The molecule has 2 amide bonds. The molecule has 0 aromatic carbocycles. The van der Waals surface area contributed by atoms with Crippen molar-refractivity contribution in [2.24, 2.45) is 0 Å². The molecule has 0 aliphatic carbocycles. The molecule has 0 fully saturated rings. The number of likely N-dealkylation sites (N-methyl/N-ethyl adjacent to an activating group) is 1. The summed E-state index contributed by atoms with van der Waals surface area (Å²) in [6, 6.07) is 2.47. The van der Waals surface area contributed by atoms with Crippen molar-refractivity contribution in [3.05, 3.63) is 29.0 Å². The molecule has 0 bridgehead atoms. The second-order valence-corrected chi connectivity index (χ2v) is 3.57. The molecular formula is C10H12ClN3O2. The lowest BCUT2D eigenvalue weighted by Gasteiger charge is -2.11. The fourth-order valence-corrected chi connectivity index (χ4v) is 1.18. The van der Waals surface area contributed by atoms with Crippen molar-refractivity contribution in [2.75, 3.05) is 7.05 Å². The molecule has 1 aromatic heterocycles. The molecule has 0 saturated heterocycles. The largest absolute Gasteiger partial charge is 0.357 e. The Morgan fingerprint density at radius 3 is 2.62 bits per heavy atom. The van der Waals surface area contributed by atoms with Gasteiger partial charge in [0.15, 0.2) is 0 Å². The van der Waals surface area contributed by atoms with E-state index in [4.69, 9.17) is 11.6 Å². The Labute approximate surface area is 98.2 Å². The first-order chi connectivity index (χ1) is 7.54. The van der Waals surface area contributed by atoms with Gasteiger partial charge in [-0.1, -0.05) is 11.6 Å². The van der Waals surface area contributed by atoms with Crippen molar-refractivity contribution in [1.82, 2.24) is 15.6 Å². The van der Waals surface area contributed by atoms with Crippen molar-refractivity contribution in [3.8, 4) is 0 Å². The summed E-state index contributed by atoms with van der Waals surface area (Å²) in [5.74, 6) is -0.615. The topological polar surface area (TPSA) is 71.1 Å². The molecule has 2 N–H and O–H groups in total. The van der Waals surface area contributed by atoms with Crippen LogP contribution in [0.2, 0.25) is 5.15 Å². The third kappa shape index (κ3) is 3.20. The third-order valence-corrected chi connectivity index (χ3v) is 2.20. The molecule has 1 heterocycles. The first-order valence-corrected chi connectivity index (χ1v) is 5.06. The van der Waals surface area contributed by atoms with Gasteiger partial charge >= 0.3 is 0 Å². The van der Waals surface area contributed by atoms with Gasteiger partial charge in [-0.05, 0) is 19.1 Å². The summed E-state index contributed by atoms with van der Waals surface area (Å²) in [4.78, 5) is 26.6. The van der Waals surface area contributed by atoms with Crippen LogP contribution in [0.1, 0.15) is 17.3 Å². The summed E-state index contributed by atoms with van der Waals surface area (Å²) in [7, 11) is 1.51. The molecule has 5 nitrogen and oxygen atoms in total. The van der Waals surface area contributed by atoms with Crippen LogP contribution in [0.3, 0.4) is 0 Å². The van der Waals surface area contributed by atoms with Crippen LogP contribution >= 0.6 is 11.6 Å². The summed E-state index contributed by atoms with van der Waals surface area (Å²) in [6.45, 7) is 1.60. The fourth-order valence-electron chi connectivity index (χ4n) is 1.07. The van der Waals surface area contributed by atoms with Crippen LogP contribution in [0.5, 0.6) is 0 Å². The highest BCUT2D eigenvalue weighted by Crippen LogP contribution is 2.05. The Bertz CT molecular complexity index is 392. The average molecular weight is 242 g/mol. The van der Waals surface area contributed by atoms with Crippen molar-refractivity contribution < 1.29 is 9.59 Å². The van der Waals surface area contributed by atoms with Gasteiger partial charge in [0.2, 0.25) is 5.91 Å². The smallest absolute Gasteiger partial charge is 0.253 e. The highest BCUT2D eigenvalue weighted by Gasteiger charge is 2.15. The molecule has 0 aliphatic rings. The quantitative estimate of drug-likeness (QED) is 0.762. The number of nitrogens with one attached hydrogen (secondary N) is 2. The van der Waals surface area contributed by atoms with E-state index in [1.807, 2.05) is 0 Å². The second-order valence-electron chi connectivity index (χ2n) is 3.18. The normalized spacial score (nSPS) is 11.7. The van der Waals surface area contributed by atoms with Crippen LogP contribution in [-0.2, 0) is 4.79 Å². The summed E-state index contributed by atoms with van der Waals surface area (Å²) in [5.41, 5.74) is 0.361. The molecule has 1 atom stereocenters. The van der Waals surface area contributed by atoms with Gasteiger partial charge in [0.1, 0.15) is 11.2 Å². The van der Waals surface area contributed by atoms with Gasteiger partial charge in [0, 0.05) is 13.2 Å². The van der Waals surface area contributed by atoms with E-state index in [-0.39, 0.29) is 11.8 Å². The molecular weight excluding hydrogens is 230 g/mol. The average Bonchev–Trinajstić information content (AvgIpc) is 2.28. The summed E-state index contributed by atoms with van der Waals surface area (Å²) in [5, 5.41) is 5.29. The van der Waals surface area contributed by atoms with Gasteiger partial charge in [0.25, 0.3) is 5.91 Å². The van der Waals surface area contributed by atoms with Gasteiger partial charge in [-0.2, -0.15) is 0 Å². The van der Waals surface area contributed by atoms with Gasteiger partial charge in [0.05, 0.1) is 5.56 Å². The van der Waals surface area contributed by atoms with E-state index in [0.717, 1.165) is 0 Å². The molecule has 1 aromatic rings. The number of hydrogen-bond donors (Lipinski definition) is 2. The number of carbonyl (C=O) groups excluding carboxylic acids is 2. The maximum absolute atomic E-state index is 11.6. The number of halogens is 1. The van der Waals surface area contributed by atoms with E-state index < -0.39 is 6.04 Å². The standard InChI is InChI=1S/C10H12ClN3O2/c1-6(9(15)12-2)14-10(16)7-3-4-8(11)13-5-7/h3-6H,1-2H3,(H,12,15)(H,14,16). The van der Waals surface area contributed by atoms with Crippen LogP contribution in [0.4, 0.5) is 0 Å². The Morgan fingerprint density at radius 2 is 2.12 bits per heavy atom. The molecule has 0 saturated carbocycles. The van der Waals surface area contributed by atoms with E-state index >= 15 is 0 Å². The molecule has 16 heavy (non-hydrogen) atoms. The minimum atomic E-state index is -0.590. The van der Waals surface area contributed by atoms with E-state index in [2.05, 4.69) is 15.6 Å². The van der Waals surface area contributed by atoms with Crippen molar-refractivity contribution in [1.29, 1.82) is 0 Å². The van der Waals surface area contributed by atoms with E-state index in [0.29, 0.717) is 10.7 Å². The maximum Gasteiger partial charge on any atom is 0.253 e. The second kappa shape index (κ2) is 5.46. The van der Waals surface area contributed by atoms with Crippen LogP contribution in [-0.4, -0.2) is 29.9 Å². The van der Waals surface area contributed by atoms with Crippen molar-refractivity contribution in [2.45, 2.75) is 13.0 Å². The fraction of sp³-hybridized carbons (Fsp3) is 0.300. The van der Waals surface area contributed by atoms with Gasteiger partial charge in [-0.25, -0.2) is 4.98 Å². The Hall–Kier alpha value is -1.62. The number of hydrogen-bond acceptors (Lipinski definition) is 3. The van der Waals surface area contributed by atoms with E-state index in [1.165, 1.54) is 19.3 Å². The highest BCUT2D eigenvalue weighted by molar-refractivity contribution is 6.29. The highest BCUT2D eigenvalue weighted by atomic mass is 35.5. The van der Waals surface area contributed by atoms with Crippen LogP contribution in [0.15, 0.2) is 18.3 Å². The minimum Gasteiger partial charge on any atom is -0.357 e. The van der Waals surface area contributed by atoms with Gasteiger partial charge < -0.3 is 10.6 Å². The summed E-state index contributed by atoms with van der Waals surface area (Å²) < 4.78 is 0. The zero-order chi connectivity index (χ0) is 12.1. The van der Waals surface area contributed by atoms with E-state index in [1.54, 1.807) is 13.0 Å². The van der Waals surface area contributed by atoms with Crippen molar-refractivity contribution in [3.63, 3.8) is 0 Å². The molecule has 86 valence electrons. The minimum absolute atomic E-state index is 0.254. The van der Waals surface area contributed by atoms with Crippen molar-refractivity contribution >= 4 is 23.4 Å². The Morgan fingerprint density at radius 1 is 1.44 bits per heavy atom. The zero-order valence-corrected chi connectivity index (χ0v) is 9.71. The lowest BCUT2D eigenvalue weighted by atomic mass is 10.2. The lowest BCUT2D eigenvalue weighted by molar-refractivity contribution is -0.122. The monoisotopic (exact) mass is 241 g/mol. The number of carbonyl (C=O) groups is 2. The third-order valence-electron chi connectivity index (χ3n) is 1.98. The predicted molar refractivity (Wildman–Crippen MR) is 60.2 cm³/mol. The molecule has 1 rings (SSSR count). The van der Waals surface area contributed by atoms with Crippen LogP contribution in [0.25, 0.3) is 0 Å². The van der Waals surface area contributed by atoms with E-state index in [9.17, 15) is 9.59 Å². The van der Waals surface area contributed by atoms with Gasteiger partial charge in [-0.3, -0.25) is 9.59 Å². The maximum atomic E-state index is 11.6. The SMILES string of the molecule is CNC(=O)C(C)NC(=O)c1ccc(Cl)nc1. The first-order valence-electron chi connectivity index (χ1n) is 4.68. The number of aromatic nitrogens is 1. The lowest BCUT2D eigenvalue weighted by Crippen LogP contribution is -2.43. The zero-order valence-electron chi connectivity index (χ0n) is 8.95. The Kier molecular flexibility index (Phi) is 4.25. The van der Waals surface area contributed by atoms with Crippen LogP contribution < -0.4 is 10.6 Å².